The van der Waals surface area contributed by atoms with Gasteiger partial charge < -0.3 is 9.88 Å². The van der Waals surface area contributed by atoms with Crippen molar-refractivity contribution in [1.29, 1.82) is 0 Å². The molecule has 0 saturated heterocycles. The third kappa shape index (κ3) is 5.89. The van der Waals surface area contributed by atoms with Crippen molar-refractivity contribution in [1.82, 2.24) is 14.9 Å². The number of fused-ring (bicyclic) bond motifs is 1. The molecule has 0 fully saturated rings. The zero-order chi connectivity index (χ0) is 23.2. The average Bonchev–Trinajstić information content (AvgIpc) is 3.15. The second-order valence-electron chi connectivity index (χ2n) is 7.89. The Hall–Kier alpha value is -2.53. The Labute approximate surface area is 208 Å². The zero-order valence-corrected chi connectivity index (χ0v) is 20.3. The Balaban J connectivity index is 1.35. The lowest BCUT2D eigenvalue weighted by atomic mass is 10.1. The molecule has 0 aliphatic carbocycles. The van der Waals surface area contributed by atoms with E-state index in [0.717, 1.165) is 48.1 Å². The molecule has 0 aliphatic rings. The fraction of sp³-hybridized carbons (Fsp3) is 0.231. The van der Waals surface area contributed by atoms with Crippen molar-refractivity contribution in [2.75, 3.05) is 6.54 Å². The summed E-state index contributed by atoms with van der Waals surface area (Å²) in [6.45, 7) is 1.25. The van der Waals surface area contributed by atoms with Crippen LogP contribution in [0.25, 0.3) is 11.0 Å². The standard InChI is InChI=1S/C26H24Cl3N3O/c27-19-14-13-18(22(29)16-19)17-32-24-11-6-5-10-23(24)31-25(32)12-2-1-7-15-30-26(33)20-8-3-4-9-21(20)28/h3-6,8-11,13-14,16H,1-2,7,12,15,17H2,(H,30,33). The van der Waals surface area contributed by atoms with Gasteiger partial charge in [0.25, 0.3) is 5.91 Å². The maximum atomic E-state index is 12.3. The van der Waals surface area contributed by atoms with E-state index in [0.29, 0.717) is 33.7 Å². The molecule has 0 aliphatic heterocycles. The molecule has 0 bridgehead atoms. The molecule has 1 N–H and O–H groups in total. The number of imidazole rings is 1. The number of halogens is 3. The fourth-order valence-corrected chi connectivity index (χ4v) is 4.53. The number of benzene rings is 3. The van der Waals surface area contributed by atoms with Gasteiger partial charge in [0.1, 0.15) is 5.82 Å². The first-order chi connectivity index (χ1) is 16.0. The molecule has 0 spiro atoms. The summed E-state index contributed by atoms with van der Waals surface area (Å²) in [7, 11) is 0. The van der Waals surface area contributed by atoms with Crippen molar-refractivity contribution in [2.24, 2.45) is 0 Å². The number of amides is 1. The van der Waals surface area contributed by atoms with Gasteiger partial charge in [-0.15, -0.1) is 0 Å². The number of aryl methyl sites for hydroxylation is 1. The van der Waals surface area contributed by atoms with Gasteiger partial charge in [0, 0.05) is 23.0 Å². The Morgan fingerprint density at radius 3 is 2.48 bits per heavy atom. The Morgan fingerprint density at radius 2 is 1.67 bits per heavy atom. The van der Waals surface area contributed by atoms with Gasteiger partial charge in [0.05, 0.1) is 28.2 Å². The summed E-state index contributed by atoms with van der Waals surface area (Å²) in [5, 5.41) is 4.69. The minimum atomic E-state index is -0.137. The Morgan fingerprint density at radius 1 is 0.879 bits per heavy atom. The molecule has 0 radical (unpaired) electrons. The van der Waals surface area contributed by atoms with Crippen LogP contribution in [0.5, 0.6) is 0 Å². The smallest absolute Gasteiger partial charge is 0.252 e. The van der Waals surface area contributed by atoms with Gasteiger partial charge in [-0.3, -0.25) is 4.79 Å². The highest BCUT2D eigenvalue weighted by atomic mass is 35.5. The van der Waals surface area contributed by atoms with Crippen LogP contribution in [0.4, 0.5) is 0 Å². The summed E-state index contributed by atoms with van der Waals surface area (Å²) < 4.78 is 2.23. The number of nitrogens with zero attached hydrogens (tertiary/aromatic N) is 2. The summed E-state index contributed by atoms with van der Waals surface area (Å²) in [6, 6.07) is 20.8. The molecule has 1 heterocycles. The lowest BCUT2D eigenvalue weighted by Crippen LogP contribution is -2.24. The highest BCUT2D eigenvalue weighted by Crippen LogP contribution is 2.25. The van der Waals surface area contributed by atoms with Gasteiger partial charge in [-0.25, -0.2) is 4.98 Å². The van der Waals surface area contributed by atoms with Gasteiger partial charge in [0.2, 0.25) is 0 Å². The predicted octanol–water partition coefficient (Wildman–Crippen LogP) is 7.19. The fourth-order valence-electron chi connectivity index (χ4n) is 3.84. The van der Waals surface area contributed by atoms with E-state index >= 15 is 0 Å². The minimum absolute atomic E-state index is 0.137. The van der Waals surface area contributed by atoms with E-state index in [1.54, 1.807) is 18.2 Å². The first kappa shape index (κ1) is 23.6. The minimum Gasteiger partial charge on any atom is -0.352 e. The first-order valence-corrected chi connectivity index (χ1v) is 12.1. The number of carbonyl (C=O) groups excluding carboxylic acids is 1. The number of nitrogens with one attached hydrogen (secondary N) is 1. The quantitative estimate of drug-likeness (QED) is 0.247. The van der Waals surface area contributed by atoms with Crippen LogP contribution in [-0.4, -0.2) is 22.0 Å². The zero-order valence-electron chi connectivity index (χ0n) is 18.0. The normalized spacial score (nSPS) is 11.1. The van der Waals surface area contributed by atoms with E-state index in [-0.39, 0.29) is 5.91 Å². The molecule has 4 nitrogen and oxygen atoms in total. The van der Waals surface area contributed by atoms with Gasteiger partial charge in [-0.1, -0.05) is 71.6 Å². The van der Waals surface area contributed by atoms with Crippen molar-refractivity contribution >= 4 is 51.7 Å². The number of carbonyl (C=O) groups is 1. The van der Waals surface area contributed by atoms with E-state index in [1.165, 1.54) is 0 Å². The van der Waals surface area contributed by atoms with Crippen molar-refractivity contribution < 1.29 is 4.79 Å². The summed E-state index contributed by atoms with van der Waals surface area (Å²) in [6.07, 6.45) is 3.69. The lowest BCUT2D eigenvalue weighted by molar-refractivity contribution is 0.0953. The Kier molecular flexibility index (Phi) is 7.92. The molecule has 7 heteroatoms. The topological polar surface area (TPSA) is 46.9 Å². The molecular formula is C26H24Cl3N3O. The SMILES string of the molecule is O=C(NCCCCCc1nc2ccccc2n1Cc1ccc(Cl)cc1Cl)c1ccccc1Cl. The molecule has 4 aromatic rings. The van der Waals surface area contributed by atoms with Gasteiger partial charge in [0.15, 0.2) is 0 Å². The molecule has 4 rings (SSSR count). The second-order valence-corrected chi connectivity index (χ2v) is 9.14. The van der Waals surface area contributed by atoms with Crippen LogP contribution in [0.3, 0.4) is 0 Å². The second kappa shape index (κ2) is 11.1. The van der Waals surface area contributed by atoms with Crippen LogP contribution in [0.15, 0.2) is 66.7 Å². The number of aromatic nitrogens is 2. The molecule has 0 saturated carbocycles. The van der Waals surface area contributed by atoms with Crippen LogP contribution >= 0.6 is 34.8 Å². The third-order valence-corrected chi connectivity index (χ3v) is 6.47. The van der Waals surface area contributed by atoms with E-state index in [9.17, 15) is 4.79 Å². The highest BCUT2D eigenvalue weighted by Gasteiger charge is 2.13. The number of unbranched alkanes of at least 4 members (excludes halogenated alkanes) is 2. The summed E-state index contributed by atoms with van der Waals surface area (Å²) in [5.41, 5.74) is 3.58. The van der Waals surface area contributed by atoms with Gasteiger partial charge in [-0.05, 0) is 54.8 Å². The molecule has 33 heavy (non-hydrogen) atoms. The van der Waals surface area contributed by atoms with Crippen molar-refractivity contribution in [3.8, 4) is 0 Å². The molecule has 170 valence electrons. The first-order valence-electron chi connectivity index (χ1n) is 10.9. The van der Waals surface area contributed by atoms with Crippen LogP contribution in [0.2, 0.25) is 15.1 Å². The molecule has 1 aromatic heterocycles. The molecule has 1 amide bonds. The van der Waals surface area contributed by atoms with E-state index < -0.39 is 0 Å². The maximum Gasteiger partial charge on any atom is 0.252 e. The van der Waals surface area contributed by atoms with Gasteiger partial charge >= 0.3 is 0 Å². The Bertz CT molecular complexity index is 1270. The predicted molar refractivity (Wildman–Crippen MR) is 137 cm³/mol. The van der Waals surface area contributed by atoms with Crippen molar-refractivity contribution in [2.45, 2.75) is 32.2 Å². The van der Waals surface area contributed by atoms with Crippen LogP contribution in [0, 0.1) is 0 Å². The van der Waals surface area contributed by atoms with Crippen LogP contribution in [-0.2, 0) is 13.0 Å². The summed E-state index contributed by atoms with van der Waals surface area (Å²) in [5.74, 6) is 0.893. The number of para-hydroxylation sites is 2. The number of hydrogen-bond acceptors (Lipinski definition) is 2. The number of rotatable bonds is 9. The van der Waals surface area contributed by atoms with E-state index in [4.69, 9.17) is 39.8 Å². The molecule has 3 aromatic carbocycles. The largest absolute Gasteiger partial charge is 0.352 e. The van der Waals surface area contributed by atoms with E-state index in [1.807, 2.05) is 42.5 Å². The average molecular weight is 501 g/mol. The van der Waals surface area contributed by atoms with Crippen LogP contribution in [0.1, 0.15) is 41.0 Å². The maximum absolute atomic E-state index is 12.3. The molecular weight excluding hydrogens is 477 g/mol. The van der Waals surface area contributed by atoms with Gasteiger partial charge in [-0.2, -0.15) is 0 Å². The highest BCUT2D eigenvalue weighted by molar-refractivity contribution is 6.35. The number of hydrogen-bond donors (Lipinski definition) is 1. The summed E-state index contributed by atoms with van der Waals surface area (Å²) in [4.78, 5) is 17.1. The molecule has 0 atom stereocenters. The van der Waals surface area contributed by atoms with Crippen LogP contribution < -0.4 is 5.32 Å². The summed E-state index contributed by atoms with van der Waals surface area (Å²) >= 11 is 18.6. The third-order valence-electron chi connectivity index (χ3n) is 5.56. The van der Waals surface area contributed by atoms with E-state index in [2.05, 4.69) is 16.0 Å². The van der Waals surface area contributed by atoms with Crippen molar-refractivity contribution in [3.05, 3.63) is 98.7 Å². The lowest BCUT2D eigenvalue weighted by Gasteiger charge is -2.11. The van der Waals surface area contributed by atoms with Crippen molar-refractivity contribution in [3.63, 3.8) is 0 Å². The molecule has 0 unspecified atom stereocenters. The monoisotopic (exact) mass is 499 g/mol.